The quantitative estimate of drug-likeness (QED) is 0.854. The normalized spacial score (nSPS) is 11.3. The molecule has 2 aromatic rings. The second kappa shape index (κ2) is 5.34. The van der Waals surface area contributed by atoms with E-state index in [1.165, 1.54) is 6.07 Å². The van der Waals surface area contributed by atoms with E-state index in [1.807, 2.05) is 13.8 Å². The van der Waals surface area contributed by atoms with Gasteiger partial charge in [0.15, 0.2) is 0 Å². The first kappa shape index (κ1) is 14.7. The lowest BCUT2D eigenvalue weighted by atomic mass is 10.1. The number of hydrogen-bond acceptors (Lipinski definition) is 3. The fourth-order valence-corrected chi connectivity index (χ4v) is 3.19. The third kappa shape index (κ3) is 2.89. The number of nitrogens with two attached hydrogens (primary N) is 1. The Morgan fingerprint density at radius 2 is 1.80 bits per heavy atom. The number of halogens is 1. The van der Waals surface area contributed by atoms with Crippen molar-refractivity contribution in [1.29, 1.82) is 0 Å². The van der Waals surface area contributed by atoms with Crippen molar-refractivity contribution in [2.75, 3.05) is 10.5 Å². The Hall–Kier alpha value is -1.72. The van der Waals surface area contributed by atoms with Gasteiger partial charge in [0.1, 0.15) is 0 Å². The third-order valence-electron chi connectivity index (χ3n) is 3.11. The minimum absolute atomic E-state index is 0.123. The summed E-state index contributed by atoms with van der Waals surface area (Å²) in [6, 6.07) is 9.69. The molecule has 0 aliphatic carbocycles. The van der Waals surface area contributed by atoms with E-state index in [-0.39, 0.29) is 4.90 Å². The van der Waals surface area contributed by atoms with Crippen LogP contribution in [0.1, 0.15) is 11.1 Å². The van der Waals surface area contributed by atoms with Crippen molar-refractivity contribution in [3.63, 3.8) is 0 Å². The van der Waals surface area contributed by atoms with Gasteiger partial charge in [-0.15, -0.1) is 0 Å². The number of aryl methyl sites for hydroxylation is 1. The van der Waals surface area contributed by atoms with Gasteiger partial charge in [0.2, 0.25) is 0 Å². The van der Waals surface area contributed by atoms with Crippen molar-refractivity contribution in [3.05, 3.63) is 52.5 Å². The molecule has 0 aromatic heterocycles. The van der Waals surface area contributed by atoms with Crippen molar-refractivity contribution < 1.29 is 8.42 Å². The molecule has 0 saturated carbocycles. The van der Waals surface area contributed by atoms with E-state index in [2.05, 4.69) is 4.72 Å². The summed E-state index contributed by atoms with van der Waals surface area (Å²) in [4.78, 5) is 0.123. The van der Waals surface area contributed by atoms with Crippen molar-refractivity contribution in [2.45, 2.75) is 18.7 Å². The van der Waals surface area contributed by atoms with Crippen LogP contribution in [0.15, 0.2) is 41.3 Å². The van der Waals surface area contributed by atoms with Crippen LogP contribution in [0.5, 0.6) is 0 Å². The molecule has 0 spiro atoms. The third-order valence-corrected chi connectivity index (χ3v) is 4.78. The monoisotopic (exact) mass is 310 g/mol. The topological polar surface area (TPSA) is 72.2 Å². The van der Waals surface area contributed by atoms with Gasteiger partial charge in [-0.25, -0.2) is 8.42 Å². The molecule has 20 heavy (non-hydrogen) atoms. The first-order valence-corrected chi connectivity index (χ1v) is 7.81. The van der Waals surface area contributed by atoms with E-state index in [4.69, 9.17) is 17.3 Å². The van der Waals surface area contributed by atoms with E-state index in [1.54, 1.807) is 30.3 Å². The van der Waals surface area contributed by atoms with Gasteiger partial charge >= 0.3 is 0 Å². The Balaban J connectivity index is 2.44. The van der Waals surface area contributed by atoms with Crippen LogP contribution in [-0.2, 0) is 10.0 Å². The first-order chi connectivity index (χ1) is 9.31. The highest BCUT2D eigenvalue weighted by atomic mass is 35.5. The molecule has 0 bridgehead atoms. The number of anilines is 2. The molecule has 106 valence electrons. The van der Waals surface area contributed by atoms with Gasteiger partial charge in [-0.05, 0) is 49.2 Å². The number of nitrogen functional groups attached to an aromatic ring is 1. The molecule has 0 saturated heterocycles. The summed E-state index contributed by atoms with van der Waals surface area (Å²) in [5.41, 5.74) is 8.31. The number of rotatable bonds is 3. The summed E-state index contributed by atoms with van der Waals surface area (Å²) < 4.78 is 27.1. The van der Waals surface area contributed by atoms with E-state index in [9.17, 15) is 8.42 Å². The maximum Gasteiger partial charge on any atom is 0.262 e. The van der Waals surface area contributed by atoms with Crippen LogP contribution in [0.25, 0.3) is 0 Å². The summed E-state index contributed by atoms with van der Waals surface area (Å²) in [5.74, 6) is 0. The molecular formula is C14H15ClN2O2S. The zero-order valence-corrected chi connectivity index (χ0v) is 12.7. The van der Waals surface area contributed by atoms with Crippen molar-refractivity contribution in [3.8, 4) is 0 Å². The van der Waals surface area contributed by atoms with Gasteiger partial charge in [-0.2, -0.15) is 0 Å². The lowest BCUT2D eigenvalue weighted by molar-refractivity contribution is 0.601. The first-order valence-electron chi connectivity index (χ1n) is 5.95. The summed E-state index contributed by atoms with van der Waals surface area (Å²) in [6.45, 7) is 3.67. The fraction of sp³-hybridized carbons (Fsp3) is 0.143. The van der Waals surface area contributed by atoms with Crippen LogP contribution < -0.4 is 10.5 Å². The predicted molar refractivity (Wildman–Crippen MR) is 82.6 cm³/mol. The Labute approximate surface area is 123 Å². The smallest absolute Gasteiger partial charge is 0.262 e. The summed E-state index contributed by atoms with van der Waals surface area (Å²) in [5, 5.41) is 0.341. The highest BCUT2D eigenvalue weighted by molar-refractivity contribution is 7.92. The van der Waals surface area contributed by atoms with Crippen molar-refractivity contribution in [2.24, 2.45) is 0 Å². The minimum Gasteiger partial charge on any atom is -0.398 e. The highest BCUT2D eigenvalue weighted by Gasteiger charge is 2.17. The lowest BCUT2D eigenvalue weighted by Crippen LogP contribution is -2.14. The van der Waals surface area contributed by atoms with Crippen LogP contribution in [0.3, 0.4) is 0 Å². The van der Waals surface area contributed by atoms with Gasteiger partial charge < -0.3 is 5.73 Å². The Bertz CT molecular complexity index is 735. The molecular weight excluding hydrogens is 296 g/mol. The predicted octanol–water partition coefficient (Wildman–Crippen LogP) is 3.34. The molecule has 0 heterocycles. The van der Waals surface area contributed by atoms with Gasteiger partial charge in [-0.3, -0.25) is 4.72 Å². The Morgan fingerprint density at radius 1 is 1.15 bits per heavy atom. The van der Waals surface area contributed by atoms with Crippen LogP contribution in [0.4, 0.5) is 11.4 Å². The van der Waals surface area contributed by atoms with E-state index in [0.29, 0.717) is 16.4 Å². The van der Waals surface area contributed by atoms with Crippen LogP contribution >= 0.6 is 11.6 Å². The molecule has 0 amide bonds. The maximum absolute atomic E-state index is 12.3. The number of sulfonamides is 1. The van der Waals surface area contributed by atoms with E-state index >= 15 is 0 Å². The van der Waals surface area contributed by atoms with Crippen molar-refractivity contribution >= 4 is 33.0 Å². The second-order valence-corrected chi connectivity index (χ2v) is 6.63. The molecule has 0 aliphatic heterocycles. The molecule has 6 heteroatoms. The zero-order valence-electron chi connectivity index (χ0n) is 11.1. The number of hydrogen-bond donors (Lipinski definition) is 2. The summed E-state index contributed by atoms with van der Waals surface area (Å²) >= 11 is 5.95. The fourth-order valence-electron chi connectivity index (χ4n) is 1.76. The molecule has 0 aliphatic rings. The SMILES string of the molecule is Cc1cc(S(=O)(=O)Nc2ccccc2Cl)cc(N)c1C. The average molecular weight is 311 g/mol. The molecule has 0 atom stereocenters. The number of nitrogens with one attached hydrogen (secondary N) is 1. The van der Waals surface area contributed by atoms with Gasteiger partial charge in [0.05, 0.1) is 15.6 Å². The molecule has 3 N–H and O–H groups in total. The van der Waals surface area contributed by atoms with E-state index < -0.39 is 10.0 Å². The van der Waals surface area contributed by atoms with Gasteiger partial charge in [-0.1, -0.05) is 23.7 Å². The largest absolute Gasteiger partial charge is 0.398 e. The van der Waals surface area contributed by atoms with Crippen LogP contribution in [-0.4, -0.2) is 8.42 Å². The Morgan fingerprint density at radius 3 is 2.40 bits per heavy atom. The molecule has 2 rings (SSSR count). The van der Waals surface area contributed by atoms with Crippen molar-refractivity contribution in [1.82, 2.24) is 0 Å². The minimum atomic E-state index is -3.71. The molecule has 0 unspecified atom stereocenters. The van der Waals surface area contributed by atoms with E-state index in [0.717, 1.165) is 11.1 Å². The van der Waals surface area contributed by atoms with Crippen LogP contribution in [0, 0.1) is 13.8 Å². The molecule has 0 fully saturated rings. The lowest BCUT2D eigenvalue weighted by Gasteiger charge is -2.12. The van der Waals surface area contributed by atoms with Gasteiger partial charge in [0.25, 0.3) is 10.0 Å². The second-order valence-electron chi connectivity index (χ2n) is 4.54. The number of para-hydroxylation sites is 1. The van der Waals surface area contributed by atoms with Crippen LogP contribution in [0.2, 0.25) is 5.02 Å². The number of benzene rings is 2. The Kier molecular flexibility index (Phi) is 3.92. The zero-order chi connectivity index (χ0) is 14.9. The molecule has 0 radical (unpaired) electrons. The maximum atomic E-state index is 12.3. The summed E-state index contributed by atoms with van der Waals surface area (Å²) in [7, 11) is -3.71. The molecule has 4 nitrogen and oxygen atoms in total. The molecule has 2 aromatic carbocycles. The standard InChI is InChI=1S/C14H15ClN2O2S/c1-9-7-11(8-13(16)10(9)2)20(18,19)17-14-6-4-3-5-12(14)15/h3-8,17H,16H2,1-2H3. The summed E-state index contributed by atoms with van der Waals surface area (Å²) in [6.07, 6.45) is 0. The average Bonchev–Trinajstić information content (AvgIpc) is 2.38. The highest BCUT2D eigenvalue weighted by Crippen LogP contribution is 2.26. The van der Waals surface area contributed by atoms with Gasteiger partial charge in [0, 0.05) is 5.69 Å².